The van der Waals surface area contributed by atoms with Crippen LogP contribution in [0.4, 0.5) is 4.39 Å². The van der Waals surface area contributed by atoms with E-state index in [2.05, 4.69) is 15.3 Å². The maximum Gasteiger partial charge on any atom is 0.142 e. The Hall–Kier alpha value is -1.33. The number of nitrogens with one attached hydrogen (secondary N) is 1. The molecule has 3 heterocycles. The lowest BCUT2D eigenvalue weighted by Crippen LogP contribution is -2.12. The Morgan fingerprint density at radius 1 is 1.41 bits per heavy atom. The Balaban J connectivity index is 1.89. The zero-order chi connectivity index (χ0) is 11.7. The van der Waals surface area contributed by atoms with Gasteiger partial charge in [-0.15, -0.1) is 11.3 Å². The summed E-state index contributed by atoms with van der Waals surface area (Å²) in [6, 6.07) is 1.84. The zero-order valence-electron chi connectivity index (χ0n) is 9.19. The first-order chi connectivity index (χ1) is 8.33. The predicted octanol–water partition coefficient (Wildman–Crippen LogP) is 2.77. The molecule has 88 valence electrons. The molecule has 1 N–H and O–H groups in total. The van der Waals surface area contributed by atoms with Crippen molar-refractivity contribution >= 4 is 11.3 Å². The average Bonchev–Trinajstić information content (AvgIpc) is 3.00. The van der Waals surface area contributed by atoms with Crippen molar-refractivity contribution in [3.63, 3.8) is 0 Å². The molecular formula is C12H12FN3S. The summed E-state index contributed by atoms with van der Waals surface area (Å²) in [5.74, 6) is -0.323. The van der Waals surface area contributed by atoms with Gasteiger partial charge in [0, 0.05) is 17.1 Å². The Morgan fingerprint density at radius 2 is 2.35 bits per heavy atom. The van der Waals surface area contributed by atoms with Crippen molar-refractivity contribution in [1.29, 1.82) is 0 Å². The summed E-state index contributed by atoms with van der Waals surface area (Å²) in [6.07, 6.45) is 5.18. The highest BCUT2D eigenvalue weighted by Gasteiger charge is 2.19. The molecule has 5 heteroatoms. The third-order valence-corrected chi connectivity index (χ3v) is 3.84. The summed E-state index contributed by atoms with van der Waals surface area (Å²) in [7, 11) is 0. The fraction of sp³-hybridized carbons (Fsp3) is 0.333. The molecule has 0 bridgehead atoms. The molecule has 0 spiro atoms. The minimum atomic E-state index is -0.323. The van der Waals surface area contributed by atoms with Gasteiger partial charge >= 0.3 is 0 Å². The van der Waals surface area contributed by atoms with Gasteiger partial charge in [0.2, 0.25) is 0 Å². The van der Waals surface area contributed by atoms with Crippen LogP contribution in [0.2, 0.25) is 0 Å². The molecule has 1 unspecified atom stereocenters. The SMILES string of the molecule is Fc1cncc(-c2csc(C3CCCN3)n2)c1. The lowest BCUT2D eigenvalue weighted by atomic mass is 10.2. The standard InChI is InChI=1S/C12H12FN3S/c13-9-4-8(5-14-6-9)11-7-17-12(16-11)10-2-1-3-15-10/h4-7,10,15H,1-3H2. The van der Waals surface area contributed by atoms with Gasteiger partial charge in [-0.25, -0.2) is 9.37 Å². The Morgan fingerprint density at radius 3 is 3.12 bits per heavy atom. The molecular weight excluding hydrogens is 237 g/mol. The minimum absolute atomic E-state index is 0.323. The van der Waals surface area contributed by atoms with Crippen LogP contribution in [-0.4, -0.2) is 16.5 Å². The van der Waals surface area contributed by atoms with Gasteiger partial charge in [-0.05, 0) is 25.5 Å². The quantitative estimate of drug-likeness (QED) is 0.889. The number of hydrogen-bond acceptors (Lipinski definition) is 4. The molecule has 1 fully saturated rings. The minimum Gasteiger partial charge on any atom is -0.308 e. The van der Waals surface area contributed by atoms with E-state index in [4.69, 9.17) is 0 Å². The number of pyridine rings is 1. The summed E-state index contributed by atoms with van der Waals surface area (Å²) in [5, 5.41) is 6.46. The average molecular weight is 249 g/mol. The lowest BCUT2D eigenvalue weighted by Gasteiger charge is -2.04. The van der Waals surface area contributed by atoms with Crippen LogP contribution in [0.3, 0.4) is 0 Å². The van der Waals surface area contributed by atoms with Gasteiger partial charge < -0.3 is 5.32 Å². The topological polar surface area (TPSA) is 37.8 Å². The first-order valence-electron chi connectivity index (χ1n) is 5.62. The molecule has 0 aromatic carbocycles. The fourth-order valence-electron chi connectivity index (χ4n) is 2.03. The van der Waals surface area contributed by atoms with Crippen LogP contribution in [0.5, 0.6) is 0 Å². The molecule has 2 aromatic rings. The molecule has 3 nitrogen and oxygen atoms in total. The van der Waals surface area contributed by atoms with Crippen molar-refractivity contribution in [2.75, 3.05) is 6.54 Å². The second-order valence-corrected chi connectivity index (χ2v) is 5.00. The van der Waals surface area contributed by atoms with Crippen LogP contribution in [-0.2, 0) is 0 Å². The molecule has 1 atom stereocenters. The smallest absolute Gasteiger partial charge is 0.142 e. The highest BCUT2D eigenvalue weighted by atomic mass is 32.1. The maximum absolute atomic E-state index is 13.1. The summed E-state index contributed by atoms with van der Waals surface area (Å²) >= 11 is 1.62. The summed E-state index contributed by atoms with van der Waals surface area (Å²) in [5.41, 5.74) is 1.55. The van der Waals surface area contributed by atoms with E-state index in [0.29, 0.717) is 6.04 Å². The van der Waals surface area contributed by atoms with Crippen LogP contribution in [0, 0.1) is 5.82 Å². The van der Waals surface area contributed by atoms with E-state index in [0.717, 1.165) is 29.2 Å². The number of rotatable bonds is 2. The zero-order valence-corrected chi connectivity index (χ0v) is 10.0. The number of thiazole rings is 1. The van der Waals surface area contributed by atoms with Crippen molar-refractivity contribution in [2.24, 2.45) is 0 Å². The van der Waals surface area contributed by atoms with Crippen LogP contribution in [0.15, 0.2) is 23.8 Å². The Bertz CT molecular complexity index is 520. The summed E-state index contributed by atoms with van der Waals surface area (Å²) in [6.45, 7) is 1.06. The van der Waals surface area contributed by atoms with Crippen molar-refractivity contribution in [3.8, 4) is 11.3 Å². The molecule has 0 amide bonds. The molecule has 3 rings (SSSR count). The third kappa shape index (κ3) is 2.21. The predicted molar refractivity (Wildman–Crippen MR) is 65.3 cm³/mol. The van der Waals surface area contributed by atoms with Crippen molar-refractivity contribution < 1.29 is 4.39 Å². The number of halogens is 1. The summed E-state index contributed by atoms with van der Waals surface area (Å²) in [4.78, 5) is 8.39. The third-order valence-electron chi connectivity index (χ3n) is 2.88. The second kappa shape index (κ2) is 4.50. The first kappa shape index (κ1) is 10.8. The molecule has 1 saturated heterocycles. The maximum atomic E-state index is 13.1. The Labute approximate surface area is 103 Å². The highest BCUT2D eigenvalue weighted by Crippen LogP contribution is 2.29. The van der Waals surface area contributed by atoms with Crippen LogP contribution < -0.4 is 5.32 Å². The van der Waals surface area contributed by atoms with Gasteiger partial charge in [-0.2, -0.15) is 0 Å². The highest BCUT2D eigenvalue weighted by molar-refractivity contribution is 7.10. The van der Waals surface area contributed by atoms with Crippen LogP contribution in [0.1, 0.15) is 23.9 Å². The van der Waals surface area contributed by atoms with Gasteiger partial charge in [0.1, 0.15) is 10.8 Å². The van der Waals surface area contributed by atoms with E-state index < -0.39 is 0 Å². The van der Waals surface area contributed by atoms with Gasteiger partial charge in [-0.3, -0.25) is 4.98 Å². The van der Waals surface area contributed by atoms with Gasteiger partial charge in [0.25, 0.3) is 0 Å². The van der Waals surface area contributed by atoms with Gasteiger partial charge in [0.05, 0.1) is 17.9 Å². The van der Waals surface area contributed by atoms with Gasteiger partial charge in [0.15, 0.2) is 0 Å². The van der Waals surface area contributed by atoms with Crippen LogP contribution in [0.25, 0.3) is 11.3 Å². The molecule has 2 aromatic heterocycles. The number of hydrogen-bond donors (Lipinski definition) is 1. The van der Waals surface area contributed by atoms with E-state index in [-0.39, 0.29) is 5.82 Å². The summed E-state index contributed by atoms with van der Waals surface area (Å²) < 4.78 is 13.1. The molecule has 0 saturated carbocycles. The molecule has 1 aliphatic heterocycles. The van der Waals surface area contributed by atoms with Crippen molar-refractivity contribution in [2.45, 2.75) is 18.9 Å². The number of nitrogens with zero attached hydrogens (tertiary/aromatic N) is 2. The van der Waals surface area contributed by atoms with Gasteiger partial charge in [-0.1, -0.05) is 0 Å². The van der Waals surface area contributed by atoms with E-state index in [1.165, 1.54) is 18.7 Å². The fourth-order valence-corrected chi connectivity index (χ4v) is 2.97. The van der Waals surface area contributed by atoms with E-state index in [9.17, 15) is 4.39 Å². The van der Waals surface area contributed by atoms with Crippen molar-refractivity contribution in [1.82, 2.24) is 15.3 Å². The van der Waals surface area contributed by atoms with E-state index in [1.54, 1.807) is 17.5 Å². The van der Waals surface area contributed by atoms with E-state index in [1.807, 2.05) is 5.38 Å². The molecule has 0 radical (unpaired) electrons. The normalized spacial score (nSPS) is 19.7. The largest absolute Gasteiger partial charge is 0.308 e. The van der Waals surface area contributed by atoms with Crippen molar-refractivity contribution in [3.05, 3.63) is 34.7 Å². The monoisotopic (exact) mass is 249 g/mol. The van der Waals surface area contributed by atoms with Crippen LogP contribution >= 0.6 is 11.3 Å². The molecule has 0 aliphatic carbocycles. The first-order valence-corrected chi connectivity index (χ1v) is 6.50. The number of aromatic nitrogens is 2. The second-order valence-electron chi connectivity index (χ2n) is 4.11. The lowest BCUT2D eigenvalue weighted by molar-refractivity contribution is 0.622. The Kier molecular flexibility index (Phi) is 2.86. The molecule has 17 heavy (non-hydrogen) atoms. The molecule has 1 aliphatic rings. The van der Waals surface area contributed by atoms with E-state index >= 15 is 0 Å².